The first kappa shape index (κ1) is 21.4. The highest BCUT2D eigenvalue weighted by Gasteiger charge is 2.13. The topological polar surface area (TPSA) is 96.1 Å². The van der Waals surface area contributed by atoms with E-state index in [1.165, 1.54) is 31.4 Å². The van der Waals surface area contributed by atoms with Gasteiger partial charge in [0.05, 0.1) is 24.2 Å². The average Bonchev–Trinajstić information content (AvgIpc) is 3.06. The van der Waals surface area contributed by atoms with Crippen molar-refractivity contribution >= 4 is 35.0 Å². The molecular weight excluding hydrogens is 400 g/mol. The Morgan fingerprint density at radius 1 is 1.13 bits per heavy atom. The molecule has 0 aliphatic carbocycles. The molecule has 2 aromatic carbocycles. The number of ether oxygens (including phenoxy) is 1. The van der Waals surface area contributed by atoms with E-state index in [2.05, 4.69) is 32.7 Å². The molecule has 156 valence electrons. The van der Waals surface area contributed by atoms with Gasteiger partial charge in [0, 0.05) is 24.7 Å². The van der Waals surface area contributed by atoms with Gasteiger partial charge in [-0.15, -0.1) is 0 Å². The van der Waals surface area contributed by atoms with Crippen LogP contribution in [0.3, 0.4) is 0 Å². The van der Waals surface area contributed by atoms with Gasteiger partial charge in [-0.05, 0) is 30.7 Å². The number of nitrogens with zero attached hydrogens (tertiary/aromatic N) is 1. The number of thioether (sulfide) groups is 1. The number of rotatable bonds is 8. The molecule has 0 saturated heterocycles. The van der Waals surface area contributed by atoms with E-state index < -0.39 is 0 Å². The van der Waals surface area contributed by atoms with Crippen molar-refractivity contribution in [3.05, 3.63) is 65.5 Å². The summed E-state index contributed by atoms with van der Waals surface area (Å²) in [5.41, 5.74) is 4.22. The number of carbonyl (C=O) groups is 2. The van der Waals surface area contributed by atoms with E-state index in [9.17, 15) is 9.59 Å². The Balaban J connectivity index is 1.61. The first-order valence-corrected chi connectivity index (χ1v) is 10.4. The number of anilines is 2. The zero-order valence-corrected chi connectivity index (χ0v) is 17.9. The van der Waals surface area contributed by atoms with E-state index >= 15 is 0 Å². The molecule has 0 unspecified atom stereocenters. The molecule has 0 aliphatic heterocycles. The van der Waals surface area contributed by atoms with Crippen LogP contribution in [0.25, 0.3) is 0 Å². The van der Waals surface area contributed by atoms with E-state index in [-0.39, 0.29) is 17.6 Å². The Bertz CT molecular complexity index is 1030. The second-order valence-corrected chi connectivity index (χ2v) is 7.67. The normalized spacial score (nSPS) is 10.5. The van der Waals surface area contributed by atoms with Gasteiger partial charge in [0.1, 0.15) is 5.75 Å². The van der Waals surface area contributed by atoms with Crippen LogP contribution in [-0.4, -0.2) is 34.6 Å². The predicted octanol–water partition coefficient (Wildman–Crippen LogP) is 4.01. The van der Waals surface area contributed by atoms with Gasteiger partial charge in [-0.25, -0.2) is 4.98 Å². The number of hydrogen-bond donors (Lipinski definition) is 3. The van der Waals surface area contributed by atoms with Crippen molar-refractivity contribution in [1.29, 1.82) is 0 Å². The van der Waals surface area contributed by atoms with E-state index in [0.29, 0.717) is 22.3 Å². The summed E-state index contributed by atoms with van der Waals surface area (Å²) in [6.07, 6.45) is 0.739. The third-order valence-corrected chi connectivity index (χ3v) is 5.19. The molecule has 3 aromatic rings. The molecule has 0 fully saturated rings. The van der Waals surface area contributed by atoms with Crippen molar-refractivity contribution in [1.82, 2.24) is 9.97 Å². The molecule has 0 saturated carbocycles. The molecule has 8 heteroatoms. The third-order valence-electron chi connectivity index (χ3n) is 4.31. The highest BCUT2D eigenvalue weighted by Crippen LogP contribution is 2.28. The van der Waals surface area contributed by atoms with Crippen molar-refractivity contribution in [2.45, 2.75) is 25.4 Å². The molecule has 3 rings (SSSR count). The van der Waals surface area contributed by atoms with Crippen molar-refractivity contribution in [2.24, 2.45) is 0 Å². The smallest absolute Gasteiger partial charge is 0.234 e. The number of H-pyrrole nitrogens is 1. The van der Waals surface area contributed by atoms with Gasteiger partial charge in [0.2, 0.25) is 11.8 Å². The van der Waals surface area contributed by atoms with E-state index in [1.54, 1.807) is 18.2 Å². The van der Waals surface area contributed by atoms with Crippen LogP contribution in [0.1, 0.15) is 23.9 Å². The summed E-state index contributed by atoms with van der Waals surface area (Å²) in [5.74, 6) is 0.316. The zero-order chi connectivity index (χ0) is 21.5. The predicted molar refractivity (Wildman–Crippen MR) is 119 cm³/mol. The summed E-state index contributed by atoms with van der Waals surface area (Å²) >= 11 is 1.33. The van der Waals surface area contributed by atoms with Gasteiger partial charge >= 0.3 is 0 Å². The fraction of sp³-hybridized carbons (Fsp3) is 0.227. The summed E-state index contributed by atoms with van der Waals surface area (Å²) in [7, 11) is 1.53. The van der Waals surface area contributed by atoms with Crippen molar-refractivity contribution in [3.8, 4) is 5.75 Å². The second-order valence-electron chi connectivity index (χ2n) is 6.71. The fourth-order valence-electron chi connectivity index (χ4n) is 2.90. The van der Waals surface area contributed by atoms with Crippen molar-refractivity contribution < 1.29 is 14.3 Å². The van der Waals surface area contributed by atoms with Gasteiger partial charge < -0.3 is 20.4 Å². The van der Waals surface area contributed by atoms with Gasteiger partial charge in [-0.3, -0.25) is 9.59 Å². The second kappa shape index (κ2) is 9.98. The zero-order valence-electron chi connectivity index (χ0n) is 17.1. The Kier molecular flexibility index (Phi) is 7.13. The van der Waals surface area contributed by atoms with Crippen molar-refractivity contribution in [3.63, 3.8) is 0 Å². The standard InChI is InChI=1S/C22H24N4O3S/c1-14-18(11-16-7-5-4-6-8-16)26-22(23-14)30-13-21(28)25-19-12-17(24-15(2)27)9-10-20(19)29-3/h4-10,12H,11,13H2,1-3H3,(H,23,26)(H,24,27)(H,25,28). The molecule has 0 aliphatic rings. The summed E-state index contributed by atoms with van der Waals surface area (Å²) in [5, 5.41) is 6.22. The van der Waals surface area contributed by atoms with Crippen LogP contribution in [0.15, 0.2) is 53.7 Å². The van der Waals surface area contributed by atoms with Gasteiger partial charge in [0.15, 0.2) is 5.16 Å². The highest BCUT2D eigenvalue weighted by molar-refractivity contribution is 7.99. The fourth-order valence-corrected chi connectivity index (χ4v) is 3.64. The lowest BCUT2D eigenvalue weighted by molar-refractivity contribution is -0.114. The largest absolute Gasteiger partial charge is 0.495 e. The molecule has 1 heterocycles. The lowest BCUT2D eigenvalue weighted by atomic mass is 10.1. The minimum Gasteiger partial charge on any atom is -0.495 e. The number of imidazole rings is 1. The van der Waals surface area contributed by atoms with Crippen LogP contribution in [0.2, 0.25) is 0 Å². The molecule has 0 radical (unpaired) electrons. The first-order valence-electron chi connectivity index (χ1n) is 9.42. The lowest BCUT2D eigenvalue weighted by Crippen LogP contribution is -2.15. The molecule has 2 amide bonds. The van der Waals surface area contributed by atoms with Gasteiger partial charge in [-0.1, -0.05) is 42.1 Å². The quantitative estimate of drug-likeness (QED) is 0.475. The Morgan fingerprint density at radius 3 is 2.60 bits per heavy atom. The van der Waals surface area contributed by atoms with Crippen LogP contribution in [0.4, 0.5) is 11.4 Å². The summed E-state index contributed by atoms with van der Waals surface area (Å²) in [6, 6.07) is 15.2. The number of amides is 2. The highest BCUT2D eigenvalue weighted by atomic mass is 32.2. The summed E-state index contributed by atoms with van der Waals surface area (Å²) in [6.45, 7) is 3.41. The number of nitrogens with one attached hydrogen (secondary N) is 3. The van der Waals surface area contributed by atoms with E-state index in [4.69, 9.17) is 4.74 Å². The number of aromatic nitrogens is 2. The minimum absolute atomic E-state index is 0.186. The maximum atomic E-state index is 12.5. The Labute approximate surface area is 179 Å². The van der Waals surface area contributed by atoms with Crippen LogP contribution in [-0.2, 0) is 16.0 Å². The first-order chi connectivity index (χ1) is 14.4. The Morgan fingerprint density at radius 2 is 1.90 bits per heavy atom. The average molecular weight is 425 g/mol. The number of benzene rings is 2. The SMILES string of the molecule is COc1ccc(NC(C)=O)cc1NC(=O)CSc1nc(Cc2ccccc2)c(C)[nH]1. The van der Waals surface area contributed by atoms with Crippen molar-refractivity contribution in [2.75, 3.05) is 23.5 Å². The maximum Gasteiger partial charge on any atom is 0.234 e. The molecule has 0 spiro atoms. The molecule has 3 N–H and O–H groups in total. The van der Waals surface area contributed by atoms with Crippen LogP contribution >= 0.6 is 11.8 Å². The minimum atomic E-state index is -0.197. The number of methoxy groups -OCH3 is 1. The molecule has 1 aromatic heterocycles. The van der Waals surface area contributed by atoms with E-state index in [1.807, 2.05) is 25.1 Å². The molecule has 7 nitrogen and oxygen atoms in total. The summed E-state index contributed by atoms with van der Waals surface area (Å²) < 4.78 is 5.29. The molecule has 0 atom stereocenters. The molecule has 30 heavy (non-hydrogen) atoms. The maximum absolute atomic E-state index is 12.5. The van der Waals surface area contributed by atoms with Crippen LogP contribution in [0, 0.1) is 6.92 Å². The van der Waals surface area contributed by atoms with Gasteiger partial charge in [-0.2, -0.15) is 0 Å². The Hall–Kier alpha value is -3.26. The lowest BCUT2D eigenvalue weighted by Gasteiger charge is -2.12. The molecule has 0 bridgehead atoms. The monoisotopic (exact) mass is 424 g/mol. The number of aryl methyl sites for hydroxylation is 1. The third kappa shape index (κ3) is 5.87. The van der Waals surface area contributed by atoms with Crippen LogP contribution < -0.4 is 15.4 Å². The van der Waals surface area contributed by atoms with E-state index in [0.717, 1.165) is 17.8 Å². The summed E-state index contributed by atoms with van der Waals surface area (Å²) in [4.78, 5) is 31.6. The number of aromatic amines is 1. The number of hydrogen-bond acceptors (Lipinski definition) is 5. The van der Waals surface area contributed by atoms with Gasteiger partial charge in [0.25, 0.3) is 0 Å². The molecular formula is C22H24N4O3S. The van der Waals surface area contributed by atoms with Crippen LogP contribution in [0.5, 0.6) is 5.75 Å². The number of carbonyl (C=O) groups excluding carboxylic acids is 2.